The molecule has 18 heavy (non-hydrogen) atoms. The Hall–Kier alpha value is -2.08. The van der Waals surface area contributed by atoms with Crippen LogP contribution in [0.1, 0.15) is 17.3 Å². The molecule has 0 unspecified atom stereocenters. The molecule has 0 bridgehead atoms. The molecule has 96 valence electrons. The normalized spacial score (nSPS) is 10.4. The summed E-state index contributed by atoms with van der Waals surface area (Å²) in [6.45, 7) is 0.243. The predicted molar refractivity (Wildman–Crippen MR) is 64.5 cm³/mol. The Labute approximate surface area is 105 Å². The lowest BCUT2D eigenvalue weighted by Gasteiger charge is -2.08. The molecule has 1 aromatic carbocycles. The average molecular weight is 249 g/mol. The summed E-state index contributed by atoms with van der Waals surface area (Å²) >= 11 is 0. The molecule has 0 saturated carbocycles. The molecule has 0 atom stereocenters. The van der Waals surface area contributed by atoms with E-state index in [1.807, 2.05) is 18.2 Å². The minimum Gasteiger partial charge on any atom is -0.497 e. The van der Waals surface area contributed by atoms with Gasteiger partial charge in [-0.2, -0.15) is 0 Å². The van der Waals surface area contributed by atoms with Crippen LogP contribution in [0.2, 0.25) is 0 Å². The number of aromatic nitrogens is 2. The first-order valence-electron chi connectivity index (χ1n) is 5.49. The molecule has 0 amide bonds. The van der Waals surface area contributed by atoms with Gasteiger partial charge in [-0.25, -0.2) is 0 Å². The SMILES string of the molecule is COc1ccc(Cc2nnc(CN)o2)c(OC)c1. The summed E-state index contributed by atoms with van der Waals surface area (Å²) in [6.07, 6.45) is 0.500. The fraction of sp³-hybridized carbons (Fsp3) is 0.333. The maximum atomic E-state index is 5.41. The van der Waals surface area contributed by atoms with Crippen molar-refractivity contribution in [1.82, 2.24) is 10.2 Å². The van der Waals surface area contributed by atoms with Gasteiger partial charge in [0.25, 0.3) is 0 Å². The fourth-order valence-corrected chi connectivity index (χ4v) is 1.60. The lowest BCUT2D eigenvalue weighted by atomic mass is 10.1. The molecule has 1 heterocycles. The maximum Gasteiger partial charge on any atom is 0.230 e. The van der Waals surface area contributed by atoms with E-state index in [-0.39, 0.29) is 6.54 Å². The van der Waals surface area contributed by atoms with Crippen molar-refractivity contribution in [2.24, 2.45) is 5.73 Å². The van der Waals surface area contributed by atoms with Gasteiger partial charge in [-0.15, -0.1) is 10.2 Å². The van der Waals surface area contributed by atoms with Crippen LogP contribution in [0.3, 0.4) is 0 Å². The zero-order chi connectivity index (χ0) is 13.0. The quantitative estimate of drug-likeness (QED) is 0.855. The van der Waals surface area contributed by atoms with E-state index in [4.69, 9.17) is 19.6 Å². The lowest BCUT2D eigenvalue weighted by molar-refractivity contribution is 0.389. The minimum absolute atomic E-state index is 0.243. The molecule has 2 N–H and O–H groups in total. The Kier molecular flexibility index (Phi) is 3.78. The summed E-state index contributed by atoms with van der Waals surface area (Å²) in [5.74, 6) is 2.40. The molecular formula is C12H15N3O3. The fourth-order valence-electron chi connectivity index (χ4n) is 1.60. The highest BCUT2D eigenvalue weighted by Crippen LogP contribution is 2.26. The number of ether oxygens (including phenoxy) is 2. The van der Waals surface area contributed by atoms with E-state index >= 15 is 0 Å². The number of hydrogen-bond acceptors (Lipinski definition) is 6. The standard InChI is InChI=1S/C12H15N3O3/c1-16-9-4-3-8(10(6-9)17-2)5-11-14-15-12(7-13)18-11/h3-4,6H,5,7,13H2,1-2H3. The first-order valence-corrected chi connectivity index (χ1v) is 5.49. The summed E-state index contributed by atoms with van der Waals surface area (Å²) in [7, 11) is 3.22. The number of methoxy groups -OCH3 is 2. The first kappa shape index (κ1) is 12.4. The van der Waals surface area contributed by atoms with Crippen molar-refractivity contribution in [2.75, 3.05) is 14.2 Å². The maximum absolute atomic E-state index is 5.41. The van der Waals surface area contributed by atoms with Gasteiger partial charge in [-0.3, -0.25) is 0 Å². The molecule has 6 heteroatoms. The molecule has 0 fully saturated rings. The van der Waals surface area contributed by atoms with E-state index in [9.17, 15) is 0 Å². The summed E-state index contributed by atoms with van der Waals surface area (Å²) in [6, 6.07) is 5.58. The highest BCUT2D eigenvalue weighted by atomic mass is 16.5. The topological polar surface area (TPSA) is 83.4 Å². The van der Waals surface area contributed by atoms with E-state index in [2.05, 4.69) is 10.2 Å². The molecule has 0 saturated heterocycles. The molecule has 0 aliphatic carbocycles. The number of nitrogens with zero attached hydrogens (tertiary/aromatic N) is 2. The van der Waals surface area contributed by atoms with Crippen molar-refractivity contribution in [2.45, 2.75) is 13.0 Å². The second kappa shape index (κ2) is 5.50. The van der Waals surface area contributed by atoms with Crippen LogP contribution in [0.25, 0.3) is 0 Å². The summed E-state index contributed by atoms with van der Waals surface area (Å²) in [5.41, 5.74) is 6.36. The second-order valence-corrected chi connectivity index (χ2v) is 3.65. The molecule has 0 spiro atoms. The summed E-state index contributed by atoms with van der Waals surface area (Å²) < 4.78 is 15.8. The third-order valence-electron chi connectivity index (χ3n) is 2.52. The van der Waals surface area contributed by atoms with Crippen molar-refractivity contribution in [3.63, 3.8) is 0 Å². The Balaban J connectivity index is 2.22. The van der Waals surface area contributed by atoms with Crippen LogP contribution in [0.4, 0.5) is 0 Å². The van der Waals surface area contributed by atoms with E-state index in [0.717, 1.165) is 17.1 Å². The van der Waals surface area contributed by atoms with Gasteiger partial charge in [-0.05, 0) is 6.07 Å². The average Bonchev–Trinajstić information content (AvgIpc) is 2.87. The molecule has 6 nitrogen and oxygen atoms in total. The van der Waals surface area contributed by atoms with Crippen molar-refractivity contribution >= 4 is 0 Å². The van der Waals surface area contributed by atoms with E-state index in [1.165, 1.54) is 0 Å². The van der Waals surface area contributed by atoms with Gasteiger partial charge in [0.1, 0.15) is 11.5 Å². The van der Waals surface area contributed by atoms with Gasteiger partial charge in [0.05, 0.1) is 27.2 Å². The van der Waals surface area contributed by atoms with Crippen LogP contribution in [-0.4, -0.2) is 24.4 Å². The number of nitrogens with two attached hydrogens (primary N) is 1. The van der Waals surface area contributed by atoms with Crippen LogP contribution in [0.15, 0.2) is 22.6 Å². The van der Waals surface area contributed by atoms with Crippen molar-refractivity contribution < 1.29 is 13.9 Å². The van der Waals surface area contributed by atoms with Crippen molar-refractivity contribution in [1.29, 1.82) is 0 Å². The highest BCUT2D eigenvalue weighted by molar-refractivity contribution is 5.41. The van der Waals surface area contributed by atoms with Crippen LogP contribution in [-0.2, 0) is 13.0 Å². The number of benzene rings is 1. The zero-order valence-electron chi connectivity index (χ0n) is 10.3. The smallest absolute Gasteiger partial charge is 0.230 e. The van der Waals surface area contributed by atoms with Gasteiger partial charge in [-0.1, -0.05) is 6.07 Å². The van der Waals surface area contributed by atoms with Crippen molar-refractivity contribution in [3.05, 3.63) is 35.5 Å². The molecular weight excluding hydrogens is 234 g/mol. The Bertz CT molecular complexity index is 525. The van der Waals surface area contributed by atoms with Gasteiger partial charge < -0.3 is 19.6 Å². The third kappa shape index (κ3) is 2.60. The summed E-state index contributed by atoms with van der Waals surface area (Å²) in [5, 5.41) is 7.73. The molecule has 1 aromatic heterocycles. The molecule has 0 aliphatic heterocycles. The van der Waals surface area contributed by atoms with Gasteiger partial charge in [0.2, 0.25) is 11.8 Å². The minimum atomic E-state index is 0.243. The third-order valence-corrected chi connectivity index (χ3v) is 2.52. The monoisotopic (exact) mass is 249 g/mol. The summed E-state index contributed by atoms with van der Waals surface area (Å²) in [4.78, 5) is 0. The molecule has 2 aromatic rings. The van der Waals surface area contributed by atoms with Crippen molar-refractivity contribution in [3.8, 4) is 11.5 Å². The van der Waals surface area contributed by atoms with Crippen LogP contribution in [0.5, 0.6) is 11.5 Å². The van der Waals surface area contributed by atoms with Crippen LogP contribution < -0.4 is 15.2 Å². The van der Waals surface area contributed by atoms with E-state index in [1.54, 1.807) is 14.2 Å². The predicted octanol–water partition coefficient (Wildman–Crippen LogP) is 1.14. The van der Waals surface area contributed by atoms with Crippen LogP contribution in [0, 0.1) is 0 Å². The highest BCUT2D eigenvalue weighted by Gasteiger charge is 2.10. The lowest BCUT2D eigenvalue weighted by Crippen LogP contribution is -1.95. The molecule has 0 radical (unpaired) electrons. The van der Waals surface area contributed by atoms with Gasteiger partial charge in [0.15, 0.2) is 0 Å². The van der Waals surface area contributed by atoms with E-state index < -0.39 is 0 Å². The van der Waals surface area contributed by atoms with Gasteiger partial charge >= 0.3 is 0 Å². The van der Waals surface area contributed by atoms with Gasteiger partial charge in [0, 0.05) is 11.6 Å². The number of hydrogen-bond donors (Lipinski definition) is 1. The largest absolute Gasteiger partial charge is 0.497 e. The first-order chi connectivity index (χ1) is 8.76. The Morgan fingerprint density at radius 1 is 1.17 bits per heavy atom. The van der Waals surface area contributed by atoms with E-state index in [0.29, 0.717) is 18.2 Å². The molecule has 0 aliphatic rings. The Morgan fingerprint density at radius 2 is 1.94 bits per heavy atom. The molecule has 2 rings (SSSR count). The Morgan fingerprint density at radius 3 is 2.56 bits per heavy atom. The zero-order valence-corrected chi connectivity index (χ0v) is 10.3. The number of rotatable bonds is 5. The second-order valence-electron chi connectivity index (χ2n) is 3.65. The van der Waals surface area contributed by atoms with Crippen LogP contribution >= 0.6 is 0 Å².